The molecule has 0 aliphatic rings. The molecule has 0 saturated heterocycles. The van der Waals surface area contributed by atoms with Crippen molar-refractivity contribution in [3.63, 3.8) is 0 Å². The zero-order valence-electron chi connectivity index (χ0n) is 64.5. The van der Waals surface area contributed by atoms with Crippen LogP contribution in [0.25, 0.3) is 0 Å². The highest BCUT2D eigenvalue weighted by Crippen LogP contribution is 2.45. The number of carbonyl (C=O) groups is 4. The molecule has 0 aliphatic carbocycles. The second kappa shape index (κ2) is 75.2. The number of unbranched alkanes of at least 4 members (excludes halogenated alkanes) is 34. The number of ether oxygens (including phenoxy) is 4. The maximum atomic E-state index is 13.1. The molecule has 0 rings (SSSR count). The van der Waals surface area contributed by atoms with E-state index in [1.807, 2.05) is 12.2 Å². The van der Waals surface area contributed by atoms with Gasteiger partial charge >= 0.3 is 39.5 Å². The number of phosphoric ester groups is 2. The second-order valence-electron chi connectivity index (χ2n) is 27.0. The van der Waals surface area contributed by atoms with Gasteiger partial charge in [-0.1, -0.05) is 324 Å². The Hall–Kier alpha value is -4.02. The summed E-state index contributed by atoms with van der Waals surface area (Å²) in [5.74, 6) is -2.24. The van der Waals surface area contributed by atoms with Crippen LogP contribution in [0.2, 0.25) is 0 Å². The summed E-state index contributed by atoms with van der Waals surface area (Å²) in [6.45, 7) is 4.63. The third-order valence-electron chi connectivity index (χ3n) is 17.1. The fourth-order valence-electron chi connectivity index (χ4n) is 11.0. The summed E-state index contributed by atoms with van der Waals surface area (Å²) in [6.07, 6.45) is 79.6. The summed E-state index contributed by atoms with van der Waals surface area (Å²) in [5.41, 5.74) is 0. The highest BCUT2D eigenvalue weighted by atomic mass is 31.2. The fourth-order valence-corrected chi connectivity index (χ4v) is 12.6. The lowest BCUT2D eigenvalue weighted by molar-refractivity contribution is -0.161. The number of hydrogen-bond acceptors (Lipinski definition) is 15. The molecule has 0 radical (unpaired) electrons. The first-order valence-corrected chi connectivity index (χ1v) is 43.5. The average Bonchev–Trinajstić information content (AvgIpc) is 0.923. The van der Waals surface area contributed by atoms with Crippen molar-refractivity contribution in [2.24, 2.45) is 0 Å². The van der Waals surface area contributed by atoms with E-state index in [4.69, 9.17) is 37.0 Å². The van der Waals surface area contributed by atoms with Crippen LogP contribution in [-0.4, -0.2) is 96.7 Å². The van der Waals surface area contributed by atoms with Crippen LogP contribution in [0, 0.1) is 0 Å². The lowest BCUT2D eigenvalue weighted by Gasteiger charge is -2.21. The Bertz CT molecular complexity index is 2310. The Balaban J connectivity index is 5.39. The van der Waals surface area contributed by atoms with Gasteiger partial charge in [0, 0.05) is 25.7 Å². The van der Waals surface area contributed by atoms with Crippen LogP contribution in [0.3, 0.4) is 0 Å². The number of esters is 4. The predicted octanol–water partition coefficient (Wildman–Crippen LogP) is 23.6. The molecule has 0 spiro atoms. The molecule has 590 valence electrons. The van der Waals surface area contributed by atoms with Gasteiger partial charge in [-0.15, -0.1) is 0 Å². The molecule has 0 heterocycles. The van der Waals surface area contributed by atoms with Crippen molar-refractivity contribution >= 4 is 39.5 Å². The highest BCUT2D eigenvalue weighted by Gasteiger charge is 2.30. The van der Waals surface area contributed by atoms with Gasteiger partial charge in [0.2, 0.25) is 0 Å². The number of hydrogen-bond donors (Lipinski definition) is 3. The summed E-state index contributed by atoms with van der Waals surface area (Å²) >= 11 is 0. The first kappa shape index (κ1) is 98.0. The van der Waals surface area contributed by atoms with E-state index in [0.29, 0.717) is 32.1 Å². The van der Waals surface area contributed by atoms with Gasteiger partial charge < -0.3 is 33.8 Å². The standard InChI is InChI=1S/C83H146O17P2/c1-5-9-13-17-21-25-29-33-37-38-42-44-48-52-56-60-64-68-81(86)94-74-79(100-83(88)70-66-62-58-54-50-46-41-36-32-28-24-20-16-12-8-4)76-98-102(91,92)96-72-77(84)71-95-101(89,90)97-75-78(99-82(87)69-65-61-57-53-49-45-40-35-31-27-23-19-15-11-7-3)73-93-80(85)67-63-59-55-51-47-43-39-34-30-26-22-18-14-10-6-2/h9-10,13-14,21-22,25-26,33-34,37,39,42,44,52,56,77-79,84H,5-8,11-12,15-20,23-24,27-32,35-36,38,40-41,43,45-51,53-55,57-76H2,1-4H3,(H,89,90)(H,91,92)/b13-9-,14-10-,25-21-,26-22-,37-33-,39-34-,44-42-,56-52-. The Morgan fingerprint density at radius 2 is 0.520 bits per heavy atom. The summed E-state index contributed by atoms with van der Waals surface area (Å²) < 4.78 is 68.6. The molecule has 0 aromatic rings. The molecule has 0 aromatic heterocycles. The number of phosphoric acid groups is 2. The third-order valence-corrected chi connectivity index (χ3v) is 19.0. The van der Waals surface area contributed by atoms with Gasteiger partial charge in [-0.3, -0.25) is 37.3 Å². The Labute approximate surface area is 620 Å². The summed E-state index contributed by atoms with van der Waals surface area (Å²) in [7, 11) is -9.97. The van der Waals surface area contributed by atoms with Crippen LogP contribution in [0.1, 0.15) is 349 Å². The van der Waals surface area contributed by atoms with Crippen molar-refractivity contribution in [1.82, 2.24) is 0 Å². The normalized spacial score (nSPS) is 14.4. The number of carbonyl (C=O) groups excluding carboxylic acids is 4. The smallest absolute Gasteiger partial charge is 0.462 e. The van der Waals surface area contributed by atoms with E-state index in [-0.39, 0.29) is 25.7 Å². The maximum Gasteiger partial charge on any atom is 0.472 e. The molecular weight excluding hydrogens is 1330 g/mol. The minimum Gasteiger partial charge on any atom is -0.462 e. The van der Waals surface area contributed by atoms with Gasteiger partial charge in [0.15, 0.2) is 12.2 Å². The Morgan fingerprint density at radius 1 is 0.284 bits per heavy atom. The van der Waals surface area contributed by atoms with Crippen LogP contribution < -0.4 is 0 Å². The number of aliphatic hydroxyl groups excluding tert-OH is 1. The topological polar surface area (TPSA) is 237 Å². The SMILES string of the molecule is CC/C=C\C/C=C\C/C=C\C/C=C\C/C=C\CCCC(=O)OCC(COP(=O)(O)OCC(O)COP(=O)(O)OCC(COC(=O)CCCCCCC/C=C\C/C=C\C/C=C\CC)OC(=O)CCCCCCCCCCCCCCCCC)OC(=O)CCCCCCCCCCCCCCCCC. The first-order valence-electron chi connectivity index (χ1n) is 40.5. The quantitative estimate of drug-likeness (QED) is 0.0169. The molecular formula is C83H146O17P2. The summed E-state index contributed by atoms with van der Waals surface area (Å²) in [6, 6.07) is 0. The van der Waals surface area contributed by atoms with Crippen molar-refractivity contribution < 1.29 is 80.2 Å². The van der Waals surface area contributed by atoms with E-state index in [1.165, 1.54) is 128 Å². The lowest BCUT2D eigenvalue weighted by atomic mass is 10.0. The van der Waals surface area contributed by atoms with E-state index in [0.717, 1.165) is 135 Å². The molecule has 102 heavy (non-hydrogen) atoms. The largest absolute Gasteiger partial charge is 0.472 e. The molecule has 19 heteroatoms. The Morgan fingerprint density at radius 3 is 0.824 bits per heavy atom. The zero-order valence-corrected chi connectivity index (χ0v) is 66.3. The first-order chi connectivity index (χ1) is 49.7. The molecule has 0 saturated carbocycles. The molecule has 0 aliphatic heterocycles. The van der Waals surface area contributed by atoms with Gasteiger partial charge in [-0.05, 0) is 96.3 Å². The van der Waals surface area contributed by atoms with Crippen LogP contribution >= 0.6 is 15.6 Å². The molecule has 0 aromatic carbocycles. The molecule has 0 amide bonds. The molecule has 3 N–H and O–H groups in total. The van der Waals surface area contributed by atoms with Crippen molar-refractivity contribution in [3.8, 4) is 0 Å². The summed E-state index contributed by atoms with van der Waals surface area (Å²) in [4.78, 5) is 73.0. The van der Waals surface area contributed by atoms with E-state index >= 15 is 0 Å². The van der Waals surface area contributed by atoms with Gasteiger partial charge in [0.05, 0.1) is 26.4 Å². The fraction of sp³-hybridized carbons (Fsp3) is 0.759. The second-order valence-corrected chi connectivity index (χ2v) is 29.9. The third kappa shape index (κ3) is 74.3. The van der Waals surface area contributed by atoms with Crippen molar-refractivity contribution in [2.45, 2.75) is 367 Å². The molecule has 17 nitrogen and oxygen atoms in total. The predicted molar refractivity (Wildman–Crippen MR) is 418 cm³/mol. The monoisotopic (exact) mass is 1480 g/mol. The summed E-state index contributed by atoms with van der Waals surface area (Å²) in [5, 5.41) is 10.6. The number of allylic oxidation sites excluding steroid dienone is 16. The van der Waals surface area contributed by atoms with Crippen molar-refractivity contribution in [2.75, 3.05) is 39.6 Å². The van der Waals surface area contributed by atoms with E-state index in [2.05, 4.69) is 113 Å². The van der Waals surface area contributed by atoms with Crippen molar-refractivity contribution in [1.29, 1.82) is 0 Å². The molecule has 0 fully saturated rings. The zero-order chi connectivity index (χ0) is 74.6. The number of aliphatic hydroxyl groups is 1. The van der Waals surface area contributed by atoms with Crippen LogP contribution in [0.4, 0.5) is 0 Å². The van der Waals surface area contributed by atoms with Gasteiger partial charge in [0.1, 0.15) is 19.3 Å². The minimum atomic E-state index is -4.99. The molecule has 5 unspecified atom stereocenters. The van der Waals surface area contributed by atoms with Gasteiger partial charge in [-0.25, -0.2) is 9.13 Å². The molecule has 0 bridgehead atoms. The van der Waals surface area contributed by atoms with Gasteiger partial charge in [-0.2, -0.15) is 0 Å². The average molecular weight is 1480 g/mol. The highest BCUT2D eigenvalue weighted by molar-refractivity contribution is 7.47. The van der Waals surface area contributed by atoms with E-state index in [9.17, 15) is 43.2 Å². The molecule has 5 atom stereocenters. The Kier molecular flexibility index (Phi) is 72.3. The van der Waals surface area contributed by atoms with Crippen LogP contribution in [0.5, 0.6) is 0 Å². The minimum absolute atomic E-state index is 0.0852. The number of rotatable bonds is 76. The van der Waals surface area contributed by atoms with Crippen LogP contribution in [-0.2, 0) is 65.4 Å². The lowest BCUT2D eigenvalue weighted by Crippen LogP contribution is -2.30. The van der Waals surface area contributed by atoms with E-state index < -0.39 is 97.5 Å². The van der Waals surface area contributed by atoms with Crippen molar-refractivity contribution in [3.05, 3.63) is 97.2 Å². The van der Waals surface area contributed by atoms with E-state index in [1.54, 1.807) is 0 Å². The van der Waals surface area contributed by atoms with Crippen LogP contribution in [0.15, 0.2) is 97.2 Å². The maximum absolute atomic E-state index is 13.1. The van der Waals surface area contributed by atoms with Gasteiger partial charge in [0.25, 0.3) is 0 Å².